The first kappa shape index (κ1) is 26.3. The highest BCUT2D eigenvalue weighted by Crippen LogP contribution is 2.29. The number of aromatic nitrogens is 3. The standard InChI is InChI=1S/C29H29N5O4S/c1-29(2,3)38-28(35)33-17-16-22(19-33)32-26-25-18-23(15-14-21-10-6-4-7-11-21)34(27(25)31-20-30-26)39(36,37)24-12-8-5-9-13-24/h4-13,18,20,22H,16-17,19H2,1-3H3,(H,30,31,32). The first-order valence-corrected chi connectivity index (χ1v) is 14.0. The molecule has 1 aliphatic rings. The number of nitrogens with one attached hydrogen (secondary N) is 1. The third-order valence-corrected chi connectivity index (χ3v) is 7.84. The molecule has 1 unspecified atom stereocenters. The fraction of sp³-hybridized carbons (Fsp3) is 0.276. The van der Waals surface area contributed by atoms with E-state index in [4.69, 9.17) is 4.74 Å². The van der Waals surface area contributed by atoms with Crippen LogP contribution in [0.3, 0.4) is 0 Å². The topological polar surface area (TPSA) is 106 Å². The summed E-state index contributed by atoms with van der Waals surface area (Å²) in [4.78, 5) is 23.1. The molecule has 0 radical (unpaired) electrons. The average Bonchev–Trinajstić information content (AvgIpc) is 3.53. The lowest BCUT2D eigenvalue weighted by molar-refractivity contribution is 0.0293. The predicted octanol–water partition coefficient (Wildman–Crippen LogP) is 4.49. The largest absolute Gasteiger partial charge is 0.444 e. The zero-order chi connectivity index (χ0) is 27.6. The Bertz CT molecular complexity index is 1670. The van der Waals surface area contributed by atoms with E-state index in [9.17, 15) is 13.2 Å². The first-order valence-electron chi connectivity index (χ1n) is 12.6. The van der Waals surface area contributed by atoms with Gasteiger partial charge in [-0.2, -0.15) is 0 Å². The summed E-state index contributed by atoms with van der Waals surface area (Å²) in [6.45, 7) is 6.48. The minimum atomic E-state index is -4.01. The van der Waals surface area contributed by atoms with E-state index >= 15 is 0 Å². The van der Waals surface area contributed by atoms with Gasteiger partial charge in [-0.3, -0.25) is 0 Å². The van der Waals surface area contributed by atoms with Crippen molar-refractivity contribution in [1.29, 1.82) is 0 Å². The second kappa shape index (κ2) is 10.4. The monoisotopic (exact) mass is 543 g/mol. The number of rotatable bonds is 4. The van der Waals surface area contributed by atoms with Gasteiger partial charge < -0.3 is 15.0 Å². The molecule has 4 aromatic rings. The van der Waals surface area contributed by atoms with Gasteiger partial charge >= 0.3 is 6.09 Å². The molecule has 0 aliphatic carbocycles. The molecule has 1 N–H and O–H groups in total. The van der Waals surface area contributed by atoms with Crippen molar-refractivity contribution in [2.45, 2.75) is 43.7 Å². The molecule has 2 aromatic heterocycles. The molecule has 0 saturated carbocycles. The van der Waals surface area contributed by atoms with Crippen LogP contribution in [0, 0.1) is 11.8 Å². The number of hydrogen-bond acceptors (Lipinski definition) is 7. The molecule has 1 saturated heterocycles. The number of amides is 1. The minimum absolute atomic E-state index is 0.0939. The van der Waals surface area contributed by atoms with Crippen molar-refractivity contribution in [2.75, 3.05) is 18.4 Å². The molecular weight excluding hydrogens is 514 g/mol. The van der Waals surface area contributed by atoms with Crippen molar-refractivity contribution in [1.82, 2.24) is 18.8 Å². The zero-order valence-corrected chi connectivity index (χ0v) is 22.8. The maximum atomic E-state index is 13.8. The van der Waals surface area contributed by atoms with Gasteiger partial charge in [0, 0.05) is 24.7 Å². The van der Waals surface area contributed by atoms with Gasteiger partial charge in [0.05, 0.1) is 10.3 Å². The van der Waals surface area contributed by atoms with Gasteiger partial charge in [0.1, 0.15) is 23.4 Å². The van der Waals surface area contributed by atoms with Crippen LogP contribution in [0.1, 0.15) is 38.4 Å². The molecule has 1 atom stereocenters. The van der Waals surface area contributed by atoms with E-state index in [0.717, 1.165) is 5.56 Å². The highest BCUT2D eigenvalue weighted by molar-refractivity contribution is 7.90. The Morgan fingerprint density at radius 2 is 1.72 bits per heavy atom. The molecular formula is C29H29N5O4S. The van der Waals surface area contributed by atoms with Crippen LogP contribution in [0.25, 0.3) is 11.0 Å². The lowest BCUT2D eigenvalue weighted by Gasteiger charge is -2.24. The molecule has 3 heterocycles. The number of carbonyl (C=O) groups excluding carboxylic acids is 1. The zero-order valence-electron chi connectivity index (χ0n) is 22.0. The van der Waals surface area contributed by atoms with Crippen LogP contribution >= 0.6 is 0 Å². The Labute approximate surface area is 227 Å². The highest BCUT2D eigenvalue weighted by Gasteiger charge is 2.31. The van der Waals surface area contributed by atoms with Gasteiger partial charge in [0.2, 0.25) is 0 Å². The summed E-state index contributed by atoms with van der Waals surface area (Å²) in [6, 6.07) is 19.1. The lowest BCUT2D eigenvalue weighted by Crippen LogP contribution is -2.36. The van der Waals surface area contributed by atoms with Gasteiger partial charge in [-0.05, 0) is 63.4 Å². The molecule has 0 bridgehead atoms. The summed E-state index contributed by atoms with van der Waals surface area (Å²) in [5.74, 6) is 6.55. The third kappa shape index (κ3) is 5.73. The number of nitrogens with zero attached hydrogens (tertiary/aromatic N) is 4. The summed E-state index contributed by atoms with van der Waals surface area (Å²) < 4.78 is 34.2. The Kier molecular flexibility index (Phi) is 7.02. The molecule has 200 valence electrons. The summed E-state index contributed by atoms with van der Waals surface area (Å²) in [5.41, 5.74) is 0.661. The second-order valence-corrected chi connectivity index (χ2v) is 12.0. The number of fused-ring (bicyclic) bond motifs is 1. The van der Waals surface area contributed by atoms with Crippen LogP contribution in [0.4, 0.5) is 10.6 Å². The smallest absolute Gasteiger partial charge is 0.410 e. The first-order chi connectivity index (χ1) is 18.6. The minimum Gasteiger partial charge on any atom is -0.444 e. The molecule has 2 aromatic carbocycles. The highest BCUT2D eigenvalue weighted by atomic mass is 32.2. The van der Waals surface area contributed by atoms with E-state index in [1.807, 2.05) is 51.1 Å². The van der Waals surface area contributed by atoms with Crippen LogP contribution in [-0.4, -0.2) is 58.1 Å². The maximum absolute atomic E-state index is 13.8. The number of likely N-dealkylation sites (tertiary alicyclic amines) is 1. The van der Waals surface area contributed by atoms with Gasteiger partial charge in [-0.15, -0.1) is 0 Å². The van der Waals surface area contributed by atoms with Crippen molar-refractivity contribution in [3.63, 3.8) is 0 Å². The summed E-state index contributed by atoms with van der Waals surface area (Å²) in [6.07, 6.45) is 1.66. The second-order valence-electron chi connectivity index (χ2n) is 10.2. The average molecular weight is 544 g/mol. The Morgan fingerprint density at radius 3 is 2.41 bits per heavy atom. The number of carbonyl (C=O) groups is 1. The number of benzene rings is 2. The summed E-state index contributed by atoms with van der Waals surface area (Å²) in [5, 5.41) is 3.90. The van der Waals surface area contributed by atoms with Gasteiger partial charge in [0.25, 0.3) is 10.0 Å². The van der Waals surface area contributed by atoms with E-state index in [-0.39, 0.29) is 28.4 Å². The van der Waals surface area contributed by atoms with E-state index in [1.54, 1.807) is 41.3 Å². The fourth-order valence-corrected chi connectivity index (χ4v) is 5.80. The van der Waals surface area contributed by atoms with Crippen molar-refractivity contribution in [3.05, 3.63) is 84.3 Å². The Morgan fingerprint density at radius 1 is 1.03 bits per heavy atom. The Hall–Kier alpha value is -4.36. The van der Waals surface area contributed by atoms with Gasteiger partial charge in [-0.1, -0.05) is 42.3 Å². The molecule has 9 nitrogen and oxygen atoms in total. The molecule has 1 aliphatic heterocycles. The SMILES string of the molecule is CC(C)(C)OC(=O)N1CCC(Nc2ncnc3c2cc(C#Cc2ccccc2)n3S(=O)(=O)c2ccccc2)C1. The lowest BCUT2D eigenvalue weighted by atomic mass is 10.2. The molecule has 39 heavy (non-hydrogen) atoms. The van der Waals surface area contributed by atoms with Crippen LogP contribution in [0.15, 0.2) is 78.0 Å². The van der Waals surface area contributed by atoms with E-state index in [0.29, 0.717) is 30.7 Å². The van der Waals surface area contributed by atoms with Crippen LogP contribution in [0.2, 0.25) is 0 Å². The number of hydrogen-bond donors (Lipinski definition) is 1. The predicted molar refractivity (Wildman–Crippen MR) is 149 cm³/mol. The molecule has 1 amide bonds. The van der Waals surface area contributed by atoms with E-state index < -0.39 is 15.6 Å². The molecule has 0 spiro atoms. The third-order valence-electron chi connectivity index (χ3n) is 6.13. The molecule has 10 heteroatoms. The molecule has 1 fully saturated rings. The van der Waals surface area contributed by atoms with Crippen molar-refractivity contribution in [3.8, 4) is 11.8 Å². The van der Waals surface area contributed by atoms with Crippen molar-refractivity contribution >= 4 is 33.0 Å². The van der Waals surface area contributed by atoms with Crippen molar-refractivity contribution < 1.29 is 17.9 Å². The van der Waals surface area contributed by atoms with E-state index in [1.165, 1.54) is 10.3 Å². The Balaban J connectivity index is 1.53. The van der Waals surface area contributed by atoms with Crippen molar-refractivity contribution in [2.24, 2.45) is 0 Å². The van der Waals surface area contributed by atoms with Crippen LogP contribution in [-0.2, 0) is 14.8 Å². The summed E-state index contributed by atoms with van der Waals surface area (Å²) in [7, 11) is -4.01. The number of anilines is 1. The molecule has 5 rings (SSSR count). The van der Waals surface area contributed by atoms with Crippen LogP contribution < -0.4 is 5.32 Å². The van der Waals surface area contributed by atoms with Crippen LogP contribution in [0.5, 0.6) is 0 Å². The normalized spacial score (nSPS) is 15.6. The summed E-state index contributed by atoms with van der Waals surface area (Å²) >= 11 is 0. The van der Waals surface area contributed by atoms with Gasteiger partial charge in [0.15, 0.2) is 5.65 Å². The fourth-order valence-electron chi connectivity index (χ4n) is 4.35. The van der Waals surface area contributed by atoms with Gasteiger partial charge in [-0.25, -0.2) is 27.2 Å². The number of ether oxygens (including phenoxy) is 1. The quantitative estimate of drug-likeness (QED) is 0.378. The van der Waals surface area contributed by atoms with E-state index in [2.05, 4.69) is 27.1 Å². The maximum Gasteiger partial charge on any atom is 0.410 e.